The van der Waals surface area contributed by atoms with E-state index in [9.17, 15) is 9.59 Å². The number of ether oxygens (including phenoxy) is 2. The molecular weight excluding hydrogens is 220 g/mol. The third-order valence-electron chi connectivity index (χ3n) is 2.51. The molecule has 100 valence electrons. The van der Waals surface area contributed by atoms with Crippen molar-refractivity contribution in [2.75, 3.05) is 13.2 Å². The Balaban J connectivity index is 3.81. The molecule has 0 saturated carbocycles. The molecule has 0 aliphatic carbocycles. The van der Waals surface area contributed by atoms with Crippen LogP contribution >= 0.6 is 0 Å². The van der Waals surface area contributed by atoms with Crippen LogP contribution < -0.4 is 0 Å². The van der Waals surface area contributed by atoms with Crippen molar-refractivity contribution < 1.29 is 19.1 Å². The number of hydrogen-bond donors (Lipinski definition) is 0. The molecule has 1 atom stereocenters. The van der Waals surface area contributed by atoms with Crippen LogP contribution in [0.25, 0.3) is 0 Å². The van der Waals surface area contributed by atoms with E-state index in [-0.39, 0.29) is 17.9 Å². The predicted molar refractivity (Wildman–Crippen MR) is 65.5 cm³/mol. The minimum Gasteiger partial charge on any atom is -0.466 e. The molecule has 0 aromatic carbocycles. The molecule has 0 aliphatic heterocycles. The Morgan fingerprint density at radius 2 is 1.82 bits per heavy atom. The molecule has 0 aromatic heterocycles. The van der Waals surface area contributed by atoms with E-state index in [2.05, 4.69) is 0 Å². The molecule has 0 aromatic rings. The largest absolute Gasteiger partial charge is 0.466 e. The van der Waals surface area contributed by atoms with E-state index in [4.69, 9.17) is 9.47 Å². The van der Waals surface area contributed by atoms with Crippen molar-refractivity contribution in [2.45, 2.75) is 52.9 Å². The van der Waals surface area contributed by atoms with Crippen molar-refractivity contribution in [3.05, 3.63) is 0 Å². The lowest BCUT2D eigenvalue weighted by atomic mass is 9.99. The highest BCUT2D eigenvalue weighted by Crippen LogP contribution is 2.15. The Kier molecular flexibility index (Phi) is 9.49. The van der Waals surface area contributed by atoms with Crippen LogP contribution in [0.2, 0.25) is 0 Å². The Bertz CT molecular complexity index is 225. The van der Waals surface area contributed by atoms with Gasteiger partial charge in [-0.25, -0.2) is 0 Å². The zero-order valence-electron chi connectivity index (χ0n) is 11.2. The number of carbonyl (C=O) groups excluding carboxylic acids is 2. The number of hydrogen-bond acceptors (Lipinski definition) is 4. The monoisotopic (exact) mass is 244 g/mol. The SMILES string of the molecule is CCCOC(=O)C(CC)CCCC(=O)OCC. The Labute approximate surface area is 104 Å². The topological polar surface area (TPSA) is 52.6 Å². The van der Waals surface area contributed by atoms with E-state index in [1.54, 1.807) is 6.92 Å². The van der Waals surface area contributed by atoms with E-state index >= 15 is 0 Å². The Morgan fingerprint density at radius 3 is 2.35 bits per heavy atom. The van der Waals surface area contributed by atoms with Gasteiger partial charge >= 0.3 is 11.9 Å². The molecule has 0 spiro atoms. The summed E-state index contributed by atoms with van der Waals surface area (Å²) in [6.45, 7) is 6.61. The molecule has 4 nitrogen and oxygen atoms in total. The number of rotatable bonds is 9. The first-order chi connectivity index (χ1) is 8.15. The van der Waals surface area contributed by atoms with Gasteiger partial charge in [0, 0.05) is 6.42 Å². The van der Waals surface area contributed by atoms with Crippen LogP contribution in [0.4, 0.5) is 0 Å². The zero-order valence-corrected chi connectivity index (χ0v) is 11.2. The average Bonchev–Trinajstić information content (AvgIpc) is 2.32. The summed E-state index contributed by atoms with van der Waals surface area (Å²) in [5.41, 5.74) is 0. The summed E-state index contributed by atoms with van der Waals surface area (Å²) in [6.07, 6.45) is 3.35. The van der Waals surface area contributed by atoms with E-state index < -0.39 is 0 Å². The third kappa shape index (κ3) is 7.77. The molecule has 0 rings (SSSR count). The predicted octanol–water partition coefficient (Wildman–Crippen LogP) is 2.70. The second kappa shape index (κ2) is 10.1. The summed E-state index contributed by atoms with van der Waals surface area (Å²) in [7, 11) is 0. The fourth-order valence-corrected chi connectivity index (χ4v) is 1.54. The average molecular weight is 244 g/mol. The van der Waals surface area contributed by atoms with Crippen LogP contribution in [0.1, 0.15) is 52.9 Å². The summed E-state index contributed by atoms with van der Waals surface area (Å²) >= 11 is 0. The van der Waals surface area contributed by atoms with Crippen LogP contribution in [0.3, 0.4) is 0 Å². The highest BCUT2D eigenvalue weighted by molar-refractivity contribution is 5.72. The quantitative estimate of drug-likeness (QED) is 0.585. The van der Waals surface area contributed by atoms with Gasteiger partial charge in [0.05, 0.1) is 19.1 Å². The highest BCUT2D eigenvalue weighted by atomic mass is 16.5. The van der Waals surface area contributed by atoms with Crippen LogP contribution in [0.5, 0.6) is 0 Å². The summed E-state index contributed by atoms with van der Waals surface area (Å²) < 4.78 is 9.92. The van der Waals surface area contributed by atoms with Gasteiger partial charge in [-0.2, -0.15) is 0 Å². The van der Waals surface area contributed by atoms with Gasteiger partial charge in [0.2, 0.25) is 0 Å². The molecule has 0 N–H and O–H groups in total. The lowest BCUT2D eigenvalue weighted by molar-refractivity contribution is -0.149. The molecule has 0 saturated heterocycles. The maximum atomic E-state index is 11.6. The van der Waals surface area contributed by atoms with Gasteiger partial charge in [-0.15, -0.1) is 0 Å². The second-order valence-electron chi connectivity index (χ2n) is 3.97. The molecule has 0 aliphatic rings. The van der Waals surface area contributed by atoms with E-state index in [0.29, 0.717) is 32.5 Å². The highest BCUT2D eigenvalue weighted by Gasteiger charge is 2.17. The third-order valence-corrected chi connectivity index (χ3v) is 2.51. The molecular formula is C13H24O4. The van der Waals surface area contributed by atoms with Crippen molar-refractivity contribution in [1.29, 1.82) is 0 Å². The van der Waals surface area contributed by atoms with E-state index in [1.807, 2.05) is 13.8 Å². The molecule has 0 amide bonds. The lowest BCUT2D eigenvalue weighted by Crippen LogP contribution is -2.18. The fraction of sp³-hybridized carbons (Fsp3) is 0.846. The zero-order chi connectivity index (χ0) is 13.1. The van der Waals surface area contributed by atoms with Crippen LogP contribution in [-0.4, -0.2) is 25.2 Å². The van der Waals surface area contributed by atoms with Crippen molar-refractivity contribution >= 4 is 11.9 Å². The van der Waals surface area contributed by atoms with E-state index in [0.717, 1.165) is 12.8 Å². The smallest absolute Gasteiger partial charge is 0.308 e. The molecule has 4 heteroatoms. The molecule has 1 unspecified atom stereocenters. The van der Waals surface area contributed by atoms with Crippen molar-refractivity contribution in [3.8, 4) is 0 Å². The van der Waals surface area contributed by atoms with Crippen molar-refractivity contribution in [1.82, 2.24) is 0 Å². The maximum Gasteiger partial charge on any atom is 0.308 e. The summed E-state index contributed by atoms with van der Waals surface area (Å²) in [6, 6.07) is 0. The van der Waals surface area contributed by atoms with Gasteiger partial charge in [-0.1, -0.05) is 13.8 Å². The first kappa shape index (κ1) is 15.9. The molecule has 17 heavy (non-hydrogen) atoms. The van der Waals surface area contributed by atoms with Crippen molar-refractivity contribution in [3.63, 3.8) is 0 Å². The maximum absolute atomic E-state index is 11.6. The minimum absolute atomic E-state index is 0.0871. The molecule has 0 radical (unpaired) electrons. The summed E-state index contributed by atoms with van der Waals surface area (Å²) in [4.78, 5) is 22.7. The Hall–Kier alpha value is -1.06. The normalized spacial score (nSPS) is 11.9. The van der Waals surface area contributed by atoms with Crippen LogP contribution in [0, 0.1) is 5.92 Å². The molecule has 0 heterocycles. The number of esters is 2. The molecule has 0 bridgehead atoms. The van der Waals surface area contributed by atoms with Gasteiger partial charge in [0.15, 0.2) is 0 Å². The minimum atomic E-state index is -0.190. The fourth-order valence-electron chi connectivity index (χ4n) is 1.54. The first-order valence-corrected chi connectivity index (χ1v) is 6.47. The number of carbonyl (C=O) groups is 2. The van der Waals surface area contributed by atoms with Crippen LogP contribution in [-0.2, 0) is 19.1 Å². The van der Waals surface area contributed by atoms with Crippen LogP contribution in [0.15, 0.2) is 0 Å². The van der Waals surface area contributed by atoms with Gasteiger partial charge in [0.25, 0.3) is 0 Å². The lowest BCUT2D eigenvalue weighted by Gasteiger charge is -2.13. The van der Waals surface area contributed by atoms with Gasteiger partial charge in [0.1, 0.15) is 0 Å². The summed E-state index contributed by atoms with van der Waals surface area (Å²) in [5, 5.41) is 0. The standard InChI is InChI=1S/C13H24O4/c1-4-10-17-13(15)11(5-2)8-7-9-12(14)16-6-3/h11H,4-10H2,1-3H3. The van der Waals surface area contributed by atoms with Gasteiger partial charge in [-0.3, -0.25) is 9.59 Å². The van der Waals surface area contributed by atoms with Gasteiger partial charge in [-0.05, 0) is 32.6 Å². The second-order valence-corrected chi connectivity index (χ2v) is 3.97. The Morgan fingerprint density at radius 1 is 1.12 bits per heavy atom. The van der Waals surface area contributed by atoms with Gasteiger partial charge < -0.3 is 9.47 Å². The first-order valence-electron chi connectivity index (χ1n) is 6.47. The van der Waals surface area contributed by atoms with Crippen molar-refractivity contribution in [2.24, 2.45) is 5.92 Å². The summed E-state index contributed by atoms with van der Waals surface area (Å²) in [5.74, 6) is -0.418. The van der Waals surface area contributed by atoms with E-state index in [1.165, 1.54) is 0 Å². The molecule has 0 fully saturated rings.